The molecule has 1 aliphatic rings. The minimum atomic E-state index is 0.262. The van der Waals surface area contributed by atoms with Crippen molar-refractivity contribution < 1.29 is 9.47 Å². The Morgan fingerprint density at radius 2 is 2.28 bits per heavy atom. The normalized spacial score (nSPS) is 19.9. The first-order chi connectivity index (χ1) is 8.93. The molecule has 1 fully saturated rings. The first-order valence-corrected chi connectivity index (χ1v) is 6.21. The number of morpholine rings is 1. The van der Waals surface area contributed by atoms with Gasteiger partial charge in [-0.1, -0.05) is 18.2 Å². The molecule has 94 valence electrons. The first-order valence-electron chi connectivity index (χ1n) is 6.21. The van der Waals surface area contributed by atoms with E-state index in [1.165, 1.54) is 0 Å². The second-order valence-corrected chi connectivity index (χ2v) is 4.37. The third-order valence-electron chi connectivity index (χ3n) is 3.03. The molecule has 4 heteroatoms. The summed E-state index contributed by atoms with van der Waals surface area (Å²) in [6.45, 7) is 2.99. The Bertz CT molecular complexity index is 519. The monoisotopic (exact) mass is 244 g/mol. The van der Waals surface area contributed by atoms with Gasteiger partial charge in [0.25, 0.3) is 0 Å². The molecule has 1 unspecified atom stereocenters. The van der Waals surface area contributed by atoms with Gasteiger partial charge in [0.05, 0.1) is 19.3 Å². The van der Waals surface area contributed by atoms with Gasteiger partial charge in [-0.15, -0.1) is 0 Å². The fraction of sp³-hybridized carbons (Fsp3) is 0.357. The van der Waals surface area contributed by atoms with E-state index >= 15 is 0 Å². The van der Waals surface area contributed by atoms with Crippen LogP contribution < -0.4 is 10.1 Å². The average Bonchev–Trinajstić information content (AvgIpc) is 2.46. The van der Waals surface area contributed by atoms with Crippen LogP contribution in [0.25, 0.3) is 10.9 Å². The summed E-state index contributed by atoms with van der Waals surface area (Å²) in [7, 11) is 0. The van der Waals surface area contributed by atoms with Crippen LogP contribution >= 0.6 is 0 Å². The molecular formula is C14H16N2O2. The van der Waals surface area contributed by atoms with E-state index in [-0.39, 0.29) is 6.04 Å². The Labute approximate surface area is 106 Å². The predicted molar refractivity (Wildman–Crippen MR) is 69.8 cm³/mol. The quantitative estimate of drug-likeness (QED) is 0.890. The molecule has 0 radical (unpaired) electrons. The Morgan fingerprint density at radius 3 is 3.17 bits per heavy atom. The van der Waals surface area contributed by atoms with Gasteiger partial charge in [-0.2, -0.15) is 0 Å². The van der Waals surface area contributed by atoms with Crippen LogP contribution in [-0.4, -0.2) is 37.4 Å². The fourth-order valence-corrected chi connectivity index (χ4v) is 2.11. The van der Waals surface area contributed by atoms with Crippen LogP contribution in [0.15, 0.2) is 36.5 Å². The zero-order valence-corrected chi connectivity index (χ0v) is 10.1. The van der Waals surface area contributed by atoms with Crippen molar-refractivity contribution in [3.8, 4) is 5.75 Å². The number of benzene rings is 1. The zero-order chi connectivity index (χ0) is 12.2. The van der Waals surface area contributed by atoms with Crippen LogP contribution in [0, 0.1) is 0 Å². The van der Waals surface area contributed by atoms with Crippen molar-refractivity contribution in [3.05, 3.63) is 36.5 Å². The van der Waals surface area contributed by atoms with Gasteiger partial charge in [0.2, 0.25) is 0 Å². The van der Waals surface area contributed by atoms with Crippen LogP contribution in [0.1, 0.15) is 0 Å². The molecule has 0 saturated carbocycles. The van der Waals surface area contributed by atoms with E-state index in [1.807, 2.05) is 30.3 Å². The molecule has 1 N–H and O–H groups in total. The molecule has 3 rings (SSSR count). The summed E-state index contributed by atoms with van der Waals surface area (Å²) in [6, 6.07) is 10.2. The maximum Gasteiger partial charge on any atom is 0.145 e. The van der Waals surface area contributed by atoms with E-state index < -0.39 is 0 Å². The van der Waals surface area contributed by atoms with E-state index in [0.29, 0.717) is 13.2 Å². The Morgan fingerprint density at radius 1 is 1.33 bits per heavy atom. The third-order valence-corrected chi connectivity index (χ3v) is 3.03. The van der Waals surface area contributed by atoms with Gasteiger partial charge < -0.3 is 14.8 Å². The maximum absolute atomic E-state index is 5.85. The number of nitrogens with one attached hydrogen (secondary N) is 1. The van der Waals surface area contributed by atoms with E-state index in [2.05, 4.69) is 10.3 Å². The molecule has 1 aliphatic heterocycles. The number of fused-ring (bicyclic) bond motifs is 1. The molecule has 2 heterocycles. The SMILES string of the molecule is c1cnc2c(OCC3COCCN3)cccc2c1. The number of hydrogen-bond acceptors (Lipinski definition) is 4. The number of ether oxygens (including phenoxy) is 2. The number of para-hydroxylation sites is 1. The summed E-state index contributed by atoms with van der Waals surface area (Å²) >= 11 is 0. The van der Waals surface area contributed by atoms with Crippen LogP contribution in [0.2, 0.25) is 0 Å². The standard InChI is InChI=1S/C14H16N2O2/c1-3-11-4-2-6-16-14(11)13(5-1)18-10-12-9-17-8-7-15-12/h1-6,12,15H,7-10H2. The molecule has 1 saturated heterocycles. The van der Waals surface area contributed by atoms with E-state index in [4.69, 9.17) is 9.47 Å². The maximum atomic E-state index is 5.85. The molecule has 1 atom stereocenters. The summed E-state index contributed by atoms with van der Waals surface area (Å²) in [5.41, 5.74) is 0.914. The average molecular weight is 244 g/mol. The van der Waals surface area contributed by atoms with Crippen molar-refractivity contribution in [2.75, 3.05) is 26.4 Å². The van der Waals surface area contributed by atoms with Crippen molar-refractivity contribution in [3.63, 3.8) is 0 Å². The van der Waals surface area contributed by atoms with Gasteiger partial charge in [-0.25, -0.2) is 0 Å². The summed E-state index contributed by atoms with van der Waals surface area (Å²) in [5, 5.41) is 4.47. The smallest absolute Gasteiger partial charge is 0.145 e. The fourth-order valence-electron chi connectivity index (χ4n) is 2.11. The Kier molecular flexibility index (Phi) is 3.39. The summed E-state index contributed by atoms with van der Waals surface area (Å²) in [6.07, 6.45) is 1.79. The van der Waals surface area contributed by atoms with Crippen LogP contribution in [-0.2, 0) is 4.74 Å². The summed E-state index contributed by atoms with van der Waals surface area (Å²) in [4.78, 5) is 4.37. The molecule has 2 aromatic rings. The van der Waals surface area contributed by atoms with Gasteiger partial charge in [-0.05, 0) is 12.1 Å². The lowest BCUT2D eigenvalue weighted by molar-refractivity contribution is 0.0595. The van der Waals surface area contributed by atoms with E-state index in [9.17, 15) is 0 Å². The Balaban J connectivity index is 1.74. The molecule has 1 aromatic heterocycles. The van der Waals surface area contributed by atoms with Crippen molar-refractivity contribution >= 4 is 10.9 Å². The van der Waals surface area contributed by atoms with Crippen molar-refractivity contribution in [1.29, 1.82) is 0 Å². The molecule has 0 spiro atoms. The summed E-state index contributed by atoms with van der Waals surface area (Å²) < 4.78 is 11.3. The predicted octanol–water partition coefficient (Wildman–Crippen LogP) is 1.60. The topological polar surface area (TPSA) is 43.4 Å². The highest BCUT2D eigenvalue weighted by atomic mass is 16.5. The molecule has 18 heavy (non-hydrogen) atoms. The number of aromatic nitrogens is 1. The van der Waals surface area contributed by atoms with Gasteiger partial charge in [0.1, 0.15) is 17.9 Å². The van der Waals surface area contributed by atoms with E-state index in [1.54, 1.807) is 6.20 Å². The van der Waals surface area contributed by atoms with Crippen LogP contribution in [0.3, 0.4) is 0 Å². The highest BCUT2D eigenvalue weighted by Crippen LogP contribution is 2.22. The van der Waals surface area contributed by atoms with Crippen molar-refractivity contribution in [2.24, 2.45) is 0 Å². The second-order valence-electron chi connectivity index (χ2n) is 4.37. The number of pyridine rings is 1. The lowest BCUT2D eigenvalue weighted by Gasteiger charge is -2.23. The third kappa shape index (κ3) is 2.44. The molecule has 0 amide bonds. The largest absolute Gasteiger partial charge is 0.490 e. The molecule has 0 aliphatic carbocycles. The molecule has 4 nitrogen and oxygen atoms in total. The number of nitrogens with zero attached hydrogens (tertiary/aromatic N) is 1. The molecular weight excluding hydrogens is 228 g/mol. The lowest BCUT2D eigenvalue weighted by atomic mass is 10.2. The minimum absolute atomic E-state index is 0.262. The van der Waals surface area contributed by atoms with E-state index in [0.717, 1.165) is 29.8 Å². The van der Waals surface area contributed by atoms with Crippen LogP contribution in [0.5, 0.6) is 5.75 Å². The van der Waals surface area contributed by atoms with Gasteiger partial charge in [0, 0.05) is 18.1 Å². The van der Waals surface area contributed by atoms with Gasteiger partial charge >= 0.3 is 0 Å². The highest BCUT2D eigenvalue weighted by Gasteiger charge is 2.14. The molecule has 1 aromatic carbocycles. The van der Waals surface area contributed by atoms with Gasteiger partial charge in [-0.3, -0.25) is 4.98 Å². The number of hydrogen-bond donors (Lipinski definition) is 1. The van der Waals surface area contributed by atoms with Gasteiger partial charge in [0.15, 0.2) is 0 Å². The molecule has 0 bridgehead atoms. The second kappa shape index (κ2) is 5.33. The minimum Gasteiger partial charge on any atom is -0.490 e. The van der Waals surface area contributed by atoms with Crippen LogP contribution in [0.4, 0.5) is 0 Å². The Hall–Kier alpha value is -1.65. The zero-order valence-electron chi connectivity index (χ0n) is 10.1. The first kappa shape index (κ1) is 11.4. The lowest BCUT2D eigenvalue weighted by Crippen LogP contribution is -2.44. The highest BCUT2D eigenvalue weighted by molar-refractivity contribution is 5.84. The van der Waals surface area contributed by atoms with Crippen molar-refractivity contribution in [2.45, 2.75) is 6.04 Å². The summed E-state index contributed by atoms with van der Waals surface area (Å²) in [5.74, 6) is 0.834. The van der Waals surface area contributed by atoms with Crippen molar-refractivity contribution in [1.82, 2.24) is 10.3 Å². The number of rotatable bonds is 3.